The van der Waals surface area contributed by atoms with Crippen LogP contribution in [-0.2, 0) is 0 Å². The summed E-state index contributed by atoms with van der Waals surface area (Å²) in [6.07, 6.45) is 6.59. The maximum atomic E-state index is 3.30. The van der Waals surface area contributed by atoms with Gasteiger partial charge in [0.1, 0.15) is 0 Å². The van der Waals surface area contributed by atoms with Crippen molar-refractivity contribution in [2.24, 2.45) is 5.41 Å². The zero-order valence-corrected chi connectivity index (χ0v) is 7.28. The van der Waals surface area contributed by atoms with Crippen LogP contribution in [-0.4, -0.2) is 0 Å². The zero-order valence-electron chi connectivity index (χ0n) is 7.28. The summed E-state index contributed by atoms with van der Waals surface area (Å²) in [5.74, 6) is 0. The molecule has 0 heteroatoms. The number of hydrogen-bond donors (Lipinski definition) is 0. The van der Waals surface area contributed by atoms with E-state index in [1.54, 1.807) is 0 Å². The minimum absolute atomic E-state index is 0.313. The minimum atomic E-state index is 0.313. The average Bonchev–Trinajstić information content (AvgIpc) is 2.11. The Morgan fingerprint density at radius 2 is 2.00 bits per heavy atom. The van der Waals surface area contributed by atoms with Gasteiger partial charge in [0.2, 0.25) is 0 Å². The lowest BCUT2D eigenvalue weighted by atomic mass is 9.84. The molecule has 0 aromatic carbocycles. The van der Waals surface area contributed by atoms with Gasteiger partial charge in [0.15, 0.2) is 0 Å². The standard InChI is InChI=1S/C10H15/c1-8-6-5-7-9(8)10(2,3)4/h7H,5H2,1-4H3. The van der Waals surface area contributed by atoms with Gasteiger partial charge in [0.25, 0.3) is 0 Å². The molecule has 1 radical (unpaired) electrons. The fraction of sp³-hybridized carbons (Fsp3) is 0.600. The summed E-state index contributed by atoms with van der Waals surface area (Å²) in [4.78, 5) is 0. The Morgan fingerprint density at radius 3 is 2.20 bits per heavy atom. The van der Waals surface area contributed by atoms with E-state index >= 15 is 0 Å². The van der Waals surface area contributed by atoms with Gasteiger partial charge in [-0.2, -0.15) is 0 Å². The van der Waals surface area contributed by atoms with Crippen molar-refractivity contribution >= 4 is 0 Å². The molecule has 1 rings (SSSR count). The molecule has 0 aliphatic heterocycles. The Hall–Kier alpha value is -0.520. The summed E-state index contributed by atoms with van der Waals surface area (Å²) in [7, 11) is 0. The zero-order chi connectivity index (χ0) is 7.78. The number of hydrogen-bond acceptors (Lipinski definition) is 0. The molecular weight excluding hydrogens is 120 g/mol. The van der Waals surface area contributed by atoms with Gasteiger partial charge in [-0.15, -0.1) is 0 Å². The molecule has 0 N–H and O–H groups in total. The topological polar surface area (TPSA) is 0 Å². The Labute approximate surface area is 63.6 Å². The third-order valence-electron chi connectivity index (χ3n) is 1.89. The second-order valence-electron chi connectivity index (χ2n) is 3.87. The van der Waals surface area contributed by atoms with Gasteiger partial charge >= 0.3 is 0 Å². The largest absolute Gasteiger partial charge is 0.0761 e. The van der Waals surface area contributed by atoms with Gasteiger partial charge < -0.3 is 0 Å². The van der Waals surface area contributed by atoms with E-state index in [0.29, 0.717) is 5.41 Å². The molecule has 0 saturated heterocycles. The first kappa shape index (κ1) is 7.59. The molecule has 0 atom stereocenters. The molecule has 0 unspecified atom stereocenters. The molecule has 0 bridgehead atoms. The molecule has 0 spiro atoms. The monoisotopic (exact) mass is 135 g/mol. The van der Waals surface area contributed by atoms with Gasteiger partial charge in [-0.05, 0) is 36.0 Å². The predicted octanol–water partition coefficient (Wildman–Crippen LogP) is 3.11. The van der Waals surface area contributed by atoms with Crippen LogP contribution in [0.2, 0.25) is 0 Å². The van der Waals surface area contributed by atoms with Crippen LogP contribution in [0.5, 0.6) is 0 Å². The normalized spacial score (nSPS) is 18.8. The molecule has 0 heterocycles. The van der Waals surface area contributed by atoms with Crippen molar-refractivity contribution in [2.75, 3.05) is 0 Å². The average molecular weight is 135 g/mol. The van der Waals surface area contributed by atoms with Crippen LogP contribution in [0.1, 0.15) is 34.1 Å². The summed E-state index contributed by atoms with van der Waals surface area (Å²) in [6.45, 7) is 8.88. The summed E-state index contributed by atoms with van der Waals surface area (Å²) >= 11 is 0. The van der Waals surface area contributed by atoms with Crippen molar-refractivity contribution in [1.82, 2.24) is 0 Å². The van der Waals surface area contributed by atoms with E-state index in [2.05, 4.69) is 39.8 Å². The first-order valence-corrected chi connectivity index (χ1v) is 3.80. The lowest BCUT2D eigenvalue weighted by molar-refractivity contribution is 0.511. The van der Waals surface area contributed by atoms with Crippen LogP contribution in [0.25, 0.3) is 0 Å². The molecular formula is C10H15. The summed E-state index contributed by atoms with van der Waals surface area (Å²) in [5, 5.41) is 0. The summed E-state index contributed by atoms with van der Waals surface area (Å²) < 4.78 is 0. The van der Waals surface area contributed by atoms with Crippen LogP contribution in [0.15, 0.2) is 17.2 Å². The molecule has 1 aliphatic rings. The van der Waals surface area contributed by atoms with E-state index in [9.17, 15) is 0 Å². The first-order valence-electron chi connectivity index (χ1n) is 3.80. The first-order chi connectivity index (χ1) is 4.52. The Morgan fingerprint density at radius 1 is 1.40 bits per heavy atom. The third-order valence-corrected chi connectivity index (χ3v) is 1.89. The van der Waals surface area contributed by atoms with Crippen LogP contribution in [0.4, 0.5) is 0 Å². The highest BCUT2D eigenvalue weighted by molar-refractivity contribution is 5.36. The lowest BCUT2D eigenvalue weighted by Crippen LogP contribution is -2.08. The summed E-state index contributed by atoms with van der Waals surface area (Å²) in [5.41, 5.74) is 3.12. The van der Waals surface area contributed by atoms with Gasteiger partial charge in [0.05, 0.1) is 0 Å². The highest BCUT2D eigenvalue weighted by Gasteiger charge is 2.19. The van der Waals surface area contributed by atoms with E-state index in [4.69, 9.17) is 0 Å². The maximum absolute atomic E-state index is 3.30. The van der Waals surface area contributed by atoms with Crippen molar-refractivity contribution in [1.29, 1.82) is 0 Å². The van der Waals surface area contributed by atoms with Crippen molar-refractivity contribution in [3.8, 4) is 0 Å². The van der Waals surface area contributed by atoms with Crippen molar-refractivity contribution < 1.29 is 0 Å². The SMILES string of the molecule is CC1=[C]CC=C1C(C)(C)C. The van der Waals surface area contributed by atoms with Gasteiger partial charge in [-0.25, -0.2) is 0 Å². The van der Waals surface area contributed by atoms with E-state index in [1.807, 2.05) is 0 Å². The minimum Gasteiger partial charge on any atom is -0.0761 e. The molecule has 10 heavy (non-hydrogen) atoms. The van der Waals surface area contributed by atoms with Crippen molar-refractivity contribution in [2.45, 2.75) is 34.1 Å². The fourth-order valence-corrected chi connectivity index (χ4v) is 1.42. The number of allylic oxidation sites excluding steroid dienone is 4. The molecule has 0 amide bonds. The number of rotatable bonds is 0. The molecule has 1 aliphatic carbocycles. The van der Waals surface area contributed by atoms with Gasteiger partial charge in [-0.3, -0.25) is 0 Å². The third kappa shape index (κ3) is 1.31. The van der Waals surface area contributed by atoms with E-state index in [0.717, 1.165) is 6.42 Å². The van der Waals surface area contributed by atoms with Gasteiger partial charge in [-0.1, -0.05) is 26.8 Å². The molecule has 55 valence electrons. The van der Waals surface area contributed by atoms with Crippen LogP contribution in [0, 0.1) is 11.5 Å². The Kier molecular flexibility index (Phi) is 1.72. The molecule has 0 fully saturated rings. The van der Waals surface area contributed by atoms with Crippen LogP contribution < -0.4 is 0 Å². The van der Waals surface area contributed by atoms with Crippen molar-refractivity contribution in [3.63, 3.8) is 0 Å². The highest BCUT2D eigenvalue weighted by atomic mass is 14.2. The fourth-order valence-electron chi connectivity index (χ4n) is 1.42. The van der Waals surface area contributed by atoms with E-state index in [-0.39, 0.29) is 0 Å². The second kappa shape index (κ2) is 2.26. The maximum Gasteiger partial charge on any atom is -0.00856 e. The van der Waals surface area contributed by atoms with E-state index < -0.39 is 0 Å². The van der Waals surface area contributed by atoms with Crippen molar-refractivity contribution in [3.05, 3.63) is 23.3 Å². The molecule has 0 aromatic rings. The predicted molar refractivity (Wildman–Crippen MR) is 44.6 cm³/mol. The Bertz CT molecular complexity index is 187. The quantitative estimate of drug-likeness (QED) is 0.478. The Balaban J connectivity index is 2.85. The van der Waals surface area contributed by atoms with Gasteiger partial charge in [0, 0.05) is 0 Å². The highest BCUT2D eigenvalue weighted by Crippen LogP contribution is 2.34. The smallest absolute Gasteiger partial charge is 0.00856 e. The summed E-state index contributed by atoms with van der Waals surface area (Å²) in [6, 6.07) is 0. The molecule has 0 aromatic heterocycles. The molecule has 0 nitrogen and oxygen atoms in total. The van der Waals surface area contributed by atoms with Crippen LogP contribution >= 0.6 is 0 Å². The lowest BCUT2D eigenvalue weighted by Gasteiger charge is -2.21. The second-order valence-corrected chi connectivity index (χ2v) is 3.87. The van der Waals surface area contributed by atoms with Crippen LogP contribution in [0.3, 0.4) is 0 Å². The van der Waals surface area contributed by atoms with E-state index in [1.165, 1.54) is 11.1 Å². The molecule has 0 saturated carbocycles.